The fourth-order valence-corrected chi connectivity index (χ4v) is 7.65. The van der Waals surface area contributed by atoms with Gasteiger partial charge < -0.3 is 29.3 Å². The van der Waals surface area contributed by atoms with E-state index in [4.69, 9.17) is 9.47 Å². The largest absolute Gasteiger partial charge is 0.455 e. The molecule has 248 valence electrons. The maximum absolute atomic E-state index is 14.8. The molecule has 5 bridgehead atoms. The van der Waals surface area contributed by atoms with E-state index in [1.807, 2.05) is 93.6 Å². The van der Waals surface area contributed by atoms with Crippen LogP contribution in [0.15, 0.2) is 85.0 Å². The highest BCUT2D eigenvalue weighted by molar-refractivity contribution is 5.99. The summed E-state index contributed by atoms with van der Waals surface area (Å²) in [5, 5.41) is 10.8. The normalized spacial score (nSPS) is 32.6. The Labute approximate surface area is 275 Å². The third-order valence-corrected chi connectivity index (χ3v) is 10.2. The second kappa shape index (κ2) is 13.1. The van der Waals surface area contributed by atoms with Gasteiger partial charge in [0.15, 0.2) is 0 Å². The third kappa shape index (κ3) is 5.57. The minimum Gasteiger partial charge on any atom is -0.455 e. The van der Waals surface area contributed by atoms with Crippen molar-refractivity contribution in [3.8, 4) is 0 Å². The highest BCUT2D eigenvalue weighted by Gasteiger charge is 2.74. The molecule has 2 aromatic carbocycles. The van der Waals surface area contributed by atoms with Gasteiger partial charge in [-0.05, 0) is 38.3 Å². The maximum atomic E-state index is 14.8. The summed E-state index contributed by atoms with van der Waals surface area (Å²) in [4.78, 5) is 61.8. The van der Waals surface area contributed by atoms with Crippen LogP contribution in [0.4, 0.5) is 0 Å². The predicted molar refractivity (Wildman–Crippen MR) is 173 cm³/mol. The number of esters is 1. The van der Waals surface area contributed by atoms with E-state index in [1.54, 1.807) is 29.0 Å². The van der Waals surface area contributed by atoms with Crippen molar-refractivity contribution in [3.05, 3.63) is 96.1 Å². The van der Waals surface area contributed by atoms with E-state index < -0.39 is 66.3 Å². The summed E-state index contributed by atoms with van der Waals surface area (Å²) in [7, 11) is 1.70. The molecule has 10 nitrogen and oxygen atoms in total. The number of rotatable bonds is 5. The molecule has 1 spiro atoms. The topological polar surface area (TPSA) is 117 Å². The van der Waals surface area contributed by atoms with Crippen LogP contribution in [-0.4, -0.2) is 93.5 Å². The summed E-state index contributed by atoms with van der Waals surface area (Å²) in [6.45, 7) is 5.46. The first kappa shape index (κ1) is 32.7. The summed E-state index contributed by atoms with van der Waals surface area (Å²) in [6, 6.07) is 15.6. The number of likely N-dealkylation sites (N-methyl/N-ethyl adjacent to an activating group) is 1. The van der Waals surface area contributed by atoms with Crippen LogP contribution in [-0.2, 0) is 28.7 Å². The zero-order valence-corrected chi connectivity index (χ0v) is 27.3. The van der Waals surface area contributed by atoms with Gasteiger partial charge in [-0.25, -0.2) is 0 Å². The van der Waals surface area contributed by atoms with Crippen molar-refractivity contribution in [1.82, 2.24) is 14.7 Å². The van der Waals surface area contributed by atoms with Gasteiger partial charge in [0, 0.05) is 26.1 Å². The minimum atomic E-state index is -1.43. The number of benzene rings is 2. The van der Waals surface area contributed by atoms with Crippen LogP contribution in [0.5, 0.6) is 0 Å². The van der Waals surface area contributed by atoms with Gasteiger partial charge in [-0.2, -0.15) is 0 Å². The van der Waals surface area contributed by atoms with Gasteiger partial charge in [0.2, 0.25) is 17.7 Å². The number of likely N-dealkylation sites (tertiary alicyclic amines) is 1. The highest BCUT2D eigenvalue weighted by atomic mass is 16.6. The van der Waals surface area contributed by atoms with E-state index in [1.165, 1.54) is 4.90 Å². The van der Waals surface area contributed by atoms with Crippen LogP contribution >= 0.6 is 0 Å². The molecule has 2 fully saturated rings. The number of fused-ring (bicyclic) bond motifs is 2. The van der Waals surface area contributed by atoms with Crippen molar-refractivity contribution in [2.75, 3.05) is 20.2 Å². The molecule has 47 heavy (non-hydrogen) atoms. The molecule has 1 N–H and O–H groups in total. The van der Waals surface area contributed by atoms with Gasteiger partial charge >= 0.3 is 5.97 Å². The predicted octanol–water partition coefficient (Wildman–Crippen LogP) is 3.59. The second-order valence-corrected chi connectivity index (χ2v) is 13.2. The number of nitrogens with zero attached hydrogens (tertiary/aromatic N) is 3. The number of cyclic esters (lactones) is 1. The molecule has 0 radical (unpaired) electrons. The molecule has 10 heteroatoms. The lowest BCUT2D eigenvalue weighted by Crippen LogP contribution is -2.58. The molecule has 0 saturated carbocycles. The van der Waals surface area contributed by atoms with Gasteiger partial charge in [0.25, 0.3) is 0 Å². The Morgan fingerprint density at radius 1 is 0.957 bits per heavy atom. The van der Waals surface area contributed by atoms with Crippen LogP contribution in [0.2, 0.25) is 0 Å². The lowest BCUT2D eigenvalue weighted by atomic mass is 9.74. The van der Waals surface area contributed by atoms with E-state index in [-0.39, 0.29) is 30.8 Å². The van der Waals surface area contributed by atoms with E-state index in [9.17, 15) is 24.3 Å². The molecule has 6 rings (SSSR count). The maximum Gasteiger partial charge on any atom is 0.313 e. The number of carbonyl (C=O) groups is 4. The third-order valence-electron chi connectivity index (χ3n) is 10.2. The van der Waals surface area contributed by atoms with E-state index in [2.05, 4.69) is 0 Å². The van der Waals surface area contributed by atoms with Crippen LogP contribution in [0, 0.1) is 11.8 Å². The Hall–Kier alpha value is -4.28. The summed E-state index contributed by atoms with van der Waals surface area (Å²) in [5.41, 5.74) is -0.0561. The molecule has 0 aliphatic carbocycles. The number of hydrogen-bond acceptors (Lipinski definition) is 7. The molecule has 3 amide bonds. The Morgan fingerprint density at radius 2 is 1.64 bits per heavy atom. The molecule has 4 aliphatic rings. The number of allylic oxidation sites excluding steroid dienone is 1. The van der Waals surface area contributed by atoms with Gasteiger partial charge in [0.1, 0.15) is 23.7 Å². The molecule has 0 aromatic heterocycles. The Bertz CT molecular complexity index is 1560. The van der Waals surface area contributed by atoms with E-state index in [0.717, 1.165) is 0 Å². The quantitative estimate of drug-likeness (QED) is 0.392. The molecule has 8 atom stereocenters. The molecule has 4 heterocycles. The lowest BCUT2D eigenvalue weighted by Gasteiger charge is -2.40. The van der Waals surface area contributed by atoms with Crippen molar-refractivity contribution < 1.29 is 33.8 Å². The summed E-state index contributed by atoms with van der Waals surface area (Å²) < 4.78 is 12.9. The van der Waals surface area contributed by atoms with Crippen molar-refractivity contribution in [2.24, 2.45) is 11.8 Å². The zero-order valence-electron chi connectivity index (χ0n) is 27.3. The fraction of sp³-hybridized carbons (Fsp3) is 0.459. The number of ether oxygens (including phenoxy) is 2. The summed E-state index contributed by atoms with van der Waals surface area (Å²) in [6.07, 6.45) is 6.37. The van der Waals surface area contributed by atoms with Crippen LogP contribution < -0.4 is 0 Å². The Morgan fingerprint density at radius 3 is 2.30 bits per heavy atom. The Kier molecular flexibility index (Phi) is 9.09. The minimum absolute atomic E-state index is 0.105. The SMILES string of the molecule is CC(C)N1C/C=C\CCC(=O)N(C)[C@@H](C)[C@H](c2ccccc2)OC(=O)[C@@H]2[C@H]3C(=O)N([C@H](CO)c4ccccc4)[C@H](C1=O)[C@]31C=C[C@H]2O1. The zero-order chi connectivity index (χ0) is 33.5. The van der Waals surface area contributed by atoms with E-state index in [0.29, 0.717) is 17.5 Å². The van der Waals surface area contributed by atoms with Crippen molar-refractivity contribution >= 4 is 23.7 Å². The first-order chi connectivity index (χ1) is 22.6. The highest BCUT2D eigenvalue weighted by Crippen LogP contribution is 2.57. The van der Waals surface area contributed by atoms with Gasteiger partial charge in [-0.1, -0.05) is 85.0 Å². The molecule has 2 saturated heterocycles. The van der Waals surface area contributed by atoms with Crippen molar-refractivity contribution in [2.45, 2.75) is 75.6 Å². The van der Waals surface area contributed by atoms with Gasteiger partial charge in [-0.15, -0.1) is 0 Å². The molecule has 4 aliphatic heterocycles. The number of amides is 3. The van der Waals surface area contributed by atoms with E-state index >= 15 is 0 Å². The summed E-state index contributed by atoms with van der Waals surface area (Å²) in [5.74, 6) is -3.62. The van der Waals surface area contributed by atoms with Crippen molar-refractivity contribution in [1.29, 1.82) is 0 Å². The molecule has 0 unspecified atom stereocenters. The molecule has 2 aromatic rings. The number of aliphatic hydroxyl groups is 1. The number of carbonyl (C=O) groups excluding carboxylic acids is 4. The van der Waals surface area contributed by atoms with Crippen LogP contribution in [0.25, 0.3) is 0 Å². The average molecular weight is 642 g/mol. The first-order valence-corrected chi connectivity index (χ1v) is 16.4. The smallest absolute Gasteiger partial charge is 0.313 e. The van der Waals surface area contributed by atoms with Gasteiger partial charge in [-0.3, -0.25) is 19.2 Å². The molecular weight excluding hydrogens is 598 g/mol. The first-order valence-electron chi connectivity index (χ1n) is 16.4. The van der Waals surface area contributed by atoms with Crippen LogP contribution in [0.1, 0.15) is 56.9 Å². The monoisotopic (exact) mass is 641 g/mol. The number of hydrogen-bond donors (Lipinski definition) is 1. The van der Waals surface area contributed by atoms with Gasteiger partial charge in [0.05, 0.1) is 30.7 Å². The fourth-order valence-electron chi connectivity index (χ4n) is 7.65. The average Bonchev–Trinajstić information content (AvgIpc) is 3.72. The lowest BCUT2D eigenvalue weighted by molar-refractivity contribution is -0.164. The molecular formula is C37H43N3O7. The number of aliphatic hydroxyl groups excluding tert-OH is 1. The summed E-state index contributed by atoms with van der Waals surface area (Å²) >= 11 is 0. The van der Waals surface area contributed by atoms with Crippen LogP contribution in [0.3, 0.4) is 0 Å². The second-order valence-electron chi connectivity index (χ2n) is 13.2. The van der Waals surface area contributed by atoms with Crippen molar-refractivity contribution in [3.63, 3.8) is 0 Å². The standard InChI is InChI=1S/C37H43N3O7/c1-23(2)39-21-13-7-12-18-29(42)38(4)24(3)32(26-16-10-6-11-17-26)46-36(45)30-28-19-20-37(47-28)31(30)34(43)40(33(37)35(39)44)27(22-41)25-14-8-5-9-15-25/h5-11,13-17,19-20,23-24,27-28,30-33,41H,12,18,21-22H2,1-4H3/b13-7-/t24-,27+,28+,30-,31-,32+,33+,37-/m0/s1. The Balaban J connectivity index is 1.48.